The minimum absolute atomic E-state index is 0.213. The summed E-state index contributed by atoms with van der Waals surface area (Å²) in [5, 5.41) is 0. The molecule has 0 amide bonds. The number of hydrogen-bond donors (Lipinski definition) is 0. The standard InChI is InChI=1S/C42H82O12/c1-11-19-21-23-25-35-47-39(9,45-29-13-3)41(49-31-15-5,50-32-16-6)53-37(43)27-28-38(44)54-42(51-33-17-7,52-34-18-8)40(10,46-30-14-4)48-36-26-24-22-20-12-2/h11-36H2,1-10H3. The fourth-order valence-electron chi connectivity index (χ4n) is 5.44. The lowest BCUT2D eigenvalue weighted by Crippen LogP contribution is -2.62. The van der Waals surface area contributed by atoms with Gasteiger partial charge in [0.15, 0.2) is 0 Å². The molecule has 0 rings (SSSR count). The van der Waals surface area contributed by atoms with Gasteiger partial charge in [-0.25, -0.2) is 0 Å². The summed E-state index contributed by atoms with van der Waals surface area (Å²) in [6.45, 7) is 21.7. The zero-order valence-electron chi connectivity index (χ0n) is 36.3. The van der Waals surface area contributed by atoms with E-state index in [2.05, 4.69) is 13.8 Å². The van der Waals surface area contributed by atoms with Crippen molar-refractivity contribution in [1.29, 1.82) is 0 Å². The molecule has 0 aliphatic rings. The van der Waals surface area contributed by atoms with Gasteiger partial charge in [0.05, 0.1) is 65.7 Å². The Labute approximate surface area is 329 Å². The Kier molecular flexibility index (Phi) is 30.9. The summed E-state index contributed by atoms with van der Waals surface area (Å²) >= 11 is 0. The number of ether oxygens (including phenoxy) is 10. The predicted octanol–water partition coefficient (Wildman–Crippen LogP) is 10.1. The molecule has 0 radical (unpaired) electrons. The molecule has 0 aliphatic heterocycles. The summed E-state index contributed by atoms with van der Waals surface area (Å²) in [4.78, 5) is 27.5. The van der Waals surface area contributed by atoms with Gasteiger partial charge >= 0.3 is 23.9 Å². The normalized spacial score (nSPS) is 14.5. The van der Waals surface area contributed by atoms with Crippen molar-refractivity contribution in [2.75, 3.05) is 52.9 Å². The minimum atomic E-state index is -2.02. The molecule has 12 heteroatoms. The monoisotopic (exact) mass is 779 g/mol. The largest absolute Gasteiger partial charge is 0.403 e. The highest BCUT2D eigenvalue weighted by Crippen LogP contribution is 2.38. The van der Waals surface area contributed by atoms with Gasteiger partial charge in [0.25, 0.3) is 11.6 Å². The van der Waals surface area contributed by atoms with Crippen molar-refractivity contribution in [1.82, 2.24) is 0 Å². The van der Waals surface area contributed by atoms with E-state index in [4.69, 9.17) is 47.4 Å². The van der Waals surface area contributed by atoms with Crippen LogP contribution >= 0.6 is 0 Å². The average molecular weight is 779 g/mol. The molecule has 2 atom stereocenters. The summed E-state index contributed by atoms with van der Waals surface area (Å²) in [7, 11) is 0. The van der Waals surface area contributed by atoms with E-state index in [-0.39, 0.29) is 39.3 Å². The van der Waals surface area contributed by atoms with E-state index in [9.17, 15) is 9.59 Å². The fraction of sp³-hybridized carbons (Fsp3) is 0.952. The molecule has 0 saturated carbocycles. The first-order valence-electron chi connectivity index (χ1n) is 21.5. The second-order valence-electron chi connectivity index (χ2n) is 14.1. The maximum Gasteiger partial charge on any atom is 0.386 e. The SMILES string of the molecule is CCCCCCCOC(C)(OCCC)C(OCCC)(OCCC)OC(=O)CCC(=O)OC(OCCC)(OCCC)C(C)(OCCC)OCCCCCCC. The Balaban J connectivity index is 6.39. The van der Waals surface area contributed by atoms with Gasteiger partial charge in [-0.2, -0.15) is 0 Å². The first-order valence-corrected chi connectivity index (χ1v) is 21.5. The van der Waals surface area contributed by atoms with E-state index < -0.39 is 35.5 Å². The molecule has 12 nitrogen and oxygen atoms in total. The quantitative estimate of drug-likeness (QED) is 0.0335. The molecule has 2 unspecified atom stereocenters. The van der Waals surface area contributed by atoms with Crippen LogP contribution < -0.4 is 0 Å². The lowest BCUT2D eigenvalue weighted by atomic mass is 10.1. The molecule has 0 spiro atoms. The van der Waals surface area contributed by atoms with Gasteiger partial charge in [-0.3, -0.25) is 9.59 Å². The smallest absolute Gasteiger partial charge is 0.386 e. The van der Waals surface area contributed by atoms with Crippen molar-refractivity contribution >= 4 is 11.9 Å². The minimum Gasteiger partial charge on any atom is -0.403 e. The molecular weight excluding hydrogens is 696 g/mol. The number of hydrogen-bond acceptors (Lipinski definition) is 12. The lowest BCUT2D eigenvalue weighted by Gasteiger charge is -2.45. The maximum atomic E-state index is 13.7. The highest BCUT2D eigenvalue weighted by atomic mass is 16.9. The van der Waals surface area contributed by atoms with Crippen molar-refractivity contribution in [3.63, 3.8) is 0 Å². The van der Waals surface area contributed by atoms with Crippen molar-refractivity contribution in [2.24, 2.45) is 0 Å². The third kappa shape index (κ3) is 19.7. The summed E-state index contributed by atoms with van der Waals surface area (Å²) in [5.41, 5.74) is 0. The van der Waals surface area contributed by atoms with Crippen LogP contribution in [0.3, 0.4) is 0 Å². The Morgan fingerprint density at radius 2 is 0.593 bits per heavy atom. The number of unbranched alkanes of at least 4 members (excludes halogenated alkanes) is 8. The second kappa shape index (κ2) is 31.7. The zero-order chi connectivity index (χ0) is 40.6. The van der Waals surface area contributed by atoms with Crippen LogP contribution in [0.5, 0.6) is 0 Å². The van der Waals surface area contributed by atoms with E-state index in [1.54, 1.807) is 13.8 Å². The van der Waals surface area contributed by atoms with Crippen LogP contribution in [0.15, 0.2) is 0 Å². The van der Waals surface area contributed by atoms with Crippen molar-refractivity contribution in [2.45, 2.75) is 208 Å². The van der Waals surface area contributed by atoms with Crippen LogP contribution in [-0.2, 0) is 57.0 Å². The molecule has 0 aromatic carbocycles. The number of rotatable bonds is 39. The summed E-state index contributed by atoms with van der Waals surface area (Å²) in [6.07, 6.45) is 13.6. The van der Waals surface area contributed by atoms with E-state index >= 15 is 0 Å². The Morgan fingerprint density at radius 3 is 0.870 bits per heavy atom. The number of carbonyl (C=O) groups excluding carboxylic acids is 2. The Bertz CT molecular complexity index is 830. The molecule has 0 bridgehead atoms. The fourth-order valence-corrected chi connectivity index (χ4v) is 5.44. The van der Waals surface area contributed by atoms with Gasteiger partial charge in [-0.15, -0.1) is 0 Å². The van der Waals surface area contributed by atoms with Crippen LogP contribution in [0, 0.1) is 0 Å². The second-order valence-corrected chi connectivity index (χ2v) is 14.1. The Morgan fingerprint density at radius 1 is 0.333 bits per heavy atom. The maximum absolute atomic E-state index is 13.7. The van der Waals surface area contributed by atoms with Gasteiger partial charge in [0.1, 0.15) is 0 Å². The Hall–Kier alpha value is -1.38. The van der Waals surface area contributed by atoms with Gasteiger partial charge in [-0.05, 0) is 65.2 Å². The highest BCUT2D eigenvalue weighted by molar-refractivity contribution is 5.78. The average Bonchev–Trinajstić information content (AvgIpc) is 3.17. The van der Waals surface area contributed by atoms with Crippen LogP contribution in [0.25, 0.3) is 0 Å². The third-order valence-electron chi connectivity index (χ3n) is 8.54. The number of esters is 2. The van der Waals surface area contributed by atoms with E-state index in [0.29, 0.717) is 65.0 Å². The highest BCUT2D eigenvalue weighted by Gasteiger charge is 2.59. The molecule has 0 N–H and O–H groups in total. The number of carbonyl (C=O) groups is 2. The van der Waals surface area contributed by atoms with E-state index in [1.807, 2.05) is 41.5 Å². The third-order valence-corrected chi connectivity index (χ3v) is 8.54. The molecule has 322 valence electrons. The molecule has 0 aliphatic carbocycles. The molecular formula is C42H82O12. The first-order chi connectivity index (χ1) is 26.0. The van der Waals surface area contributed by atoms with E-state index in [0.717, 1.165) is 64.2 Å². The molecule has 0 aromatic rings. The summed E-state index contributed by atoms with van der Waals surface area (Å²) in [6, 6.07) is 0. The summed E-state index contributed by atoms with van der Waals surface area (Å²) < 4.78 is 62.3. The summed E-state index contributed by atoms with van der Waals surface area (Å²) in [5.74, 6) is -8.71. The van der Waals surface area contributed by atoms with Crippen LogP contribution in [0.4, 0.5) is 0 Å². The molecule has 0 heterocycles. The van der Waals surface area contributed by atoms with Crippen molar-refractivity contribution in [3.05, 3.63) is 0 Å². The van der Waals surface area contributed by atoms with E-state index in [1.165, 1.54) is 0 Å². The molecule has 0 saturated heterocycles. The predicted molar refractivity (Wildman–Crippen MR) is 211 cm³/mol. The van der Waals surface area contributed by atoms with Gasteiger partial charge in [0, 0.05) is 0 Å². The topological polar surface area (TPSA) is 126 Å². The molecule has 54 heavy (non-hydrogen) atoms. The van der Waals surface area contributed by atoms with Gasteiger partial charge < -0.3 is 47.4 Å². The van der Waals surface area contributed by atoms with Crippen LogP contribution in [0.2, 0.25) is 0 Å². The molecule has 0 aromatic heterocycles. The molecule has 0 fully saturated rings. The van der Waals surface area contributed by atoms with Gasteiger partial charge in [-0.1, -0.05) is 107 Å². The van der Waals surface area contributed by atoms with Crippen molar-refractivity contribution in [3.8, 4) is 0 Å². The van der Waals surface area contributed by atoms with Gasteiger partial charge in [0.2, 0.25) is 0 Å². The van der Waals surface area contributed by atoms with Crippen LogP contribution in [0.1, 0.15) is 185 Å². The van der Waals surface area contributed by atoms with Crippen LogP contribution in [-0.4, -0.2) is 88.3 Å². The lowest BCUT2D eigenvalue weighted by molar-refractivity contribution is -0.481. The zero-order valence-corrected chi connectivity index (χ0v) is 36.3. The van der Waals surface area contributed by atoms with Crippen molar-refractivity contribution < 1.29 is 57.0 Å². The first kappa shape index (κ1) is 52.6.